The largest absolute Gasteiger partial charge is 0.469 e. The van der Waals surface area contributed by atoms with Gasteiger partial charge in [0, 0.05) is 30.7 Å². The zero-order chi connectivity index (χ0) is 35.3. The highest BCUT2D eigenvalue weighted by atomic mass is 32.2. The van der Waals surface area contributed by atoms with Crippen LogP contribution < -0.4 is 16.4 Å². The van der Waals surface area contributed by atoms with Crippen LogP contribution in [-0.4, -0.2) is 73.4 Å². The second kappa shape index (κ2) is 18.1. The maximum absolute atomic E-state index is 13.7. The predicted molar refractivity (Wildman–Crippen MR) is 182 cm³/mol. The van der Waals surface area contributed by atoms with Crippen LogP contribution in [-0.2, 0) is 28.6 Å². The molecule has 0 aliphatic heterocycles. The van der Waals surface area contributed by atoms with Crippen LogP contribution >= 0.6 is 7.82 Å². The van der Waals surface area contributed by atoms with E-state index in [1.807, 2.05) is 74.5 Å². The molecule has 0 heterocycles. The van der Waals surface area contributed by atoms with Gasteiger partial charge in [0.1, 0.15) is 6.04 Å². The number of ether oxygens (including phenoxy) is 1. The van der Waals surface area contributed by atoms with Crippen LogP contribution in [0.1, 0.15) is 50.2 Å². The van der Waals surface area contributed by atoms with Gasteiger partial charge in [-0.3, -0.25) is 9.32 Å². The van der Waals surface area contributed by atoms with Crippen molar-refractivity contribution in [3.05, 3.63) is 96.1 Å². The average molecular weight is 705 g/mol. The summed E-state index contributed by atoms with van der Waals surface area (Å²) in [4.78, 5) is 44.8. The molecule has 15 heteroatoms. The van der Waals surface area contributed by atoms with Gasteiger partial charge < -0.3 is 30.9 Å². The zero-order valence-corrected chi connectivity index (χ0v) is 29.0. The average Bonchev–Trinajstić information content (AvgIpc) is 3.05. The number of carbonyl (C=O) groups is 2. The lowest BCUT2D eigenvalue weighted by Gasteiger charge is -2.32. The summed E-state index contributed by atoms with van der Waals surface area (Å²) in [5.41, 5.74) is 7.75. The highest BCUT2D eigenvalue weighted by Crippen LogP contribution is 2.37. The molecule has 0 spiro atoms. The molecular weight excluding hydrogens is 659 g/mol. The topological polar surface area (TPSA) is 198 Å². The van der Waals surface area contributed by atoms with Crippen molar-refractivity contribution < 1.29 is 41.6 Å². The van der Waals surface area contributed by atoms with Gasteiger partial charge in [-0.15, -0.1) is 0 Å². The van der Waals surface area contributed by atoms with Crippen LogP contribution in [0.25, 0.3) is 0 Å². The number of carbonyl (C=O) groups excluding carboxylic acids is 2. The van der Waals surface area contributed by atoms with Gasteiger partial charge in [0.25, 0.3) is 0 Å². The van der Waals surface area contributed by atoms with E-state index in [4.69, 9.17) is 15.0 Å². The minimum absolute atomic E-state index is 0.0127. The number of amides is 2. The number of nitrogen functional groups attached to an aromatic ring is 1. The van der Waals surface area contributed by atoms with E-state index >= 15 is 0 Å². The molecule has 13 nitrogen and oxygen atoms in total. The molecule has 0 radical (unpaired) electrons. The number of sulfonamides is 1. The predicted octanol–water partition coefficient (Wildman–Crippen LogP) is 4.24. The van der Waals surface area contributed by atoms with E-state index in [-0.39, 0.29) is 30.3 Å². The maximum atomic E-state index is 13.7. The number of methoxy groups -OCH3 is 1. The Bertz CT molecular complexity index is 1570. The lowest BCUT2D eigenvalue weighted by molar-refractivity contribution is -0.123. The Morgan fingerprint density at radius 2 is 1.48 bits per heavy atom. The molecule has 3 rings (SSSR count). The van der Waals surface area contributed by atoms with E-state index in [2.05, 4.69) is 10.6 Å². The van der Waals surface area contributed by atoms with E-state index in [0.29, 0.717) is 18.5 Å². The number of rotatable bonds is 18. The van der Waals surface area contributed by atoms with Crippen molar-refractivity contribution in [2.45, 2.75) is 56.0 Å². The number of nitrogens with one attached hydrogen (secondary N) is 2. The van der Waals surface area contributed by atoms with Gasteiger partial charge in [0.2, 0.25) is 15.9 Å². The number of nitrogens with two attached hydrogens (primary N) is 1. The fourth-order valence-electron chi connectivity index (χ4n) is 5.28. The van der Waals surface area contributed by atoms with Crippen LogP contribution in [0.15, 0.2) is 89.8 Å². The second-order valence-corrected chi connectivity index (χ2v) is 14.8. The Balaban J connectivity index is 1.78. The third-order valence-corrected chi connectivity index (χ3v) is 9.95. The van der Waals surface area contributed by atoms with Crippen LogP contribution in [0.3, 0.4) is 0 Å². The van der Waals surface area contributed by atoms with Crippen molar-refractivity contribution in [3.63, 3.8) is 0 Å². The third-order valence-electron chi connectivity index (χ3n) is 7.53. The molecular formula is C33H45N4O9PS. The highest BCUT2D eigenvalue weighted by Gasteiger charge is 2.35. The second-order valence-electron chi connectivity index (χ2n) is 11.7. The van der Waals surface area contributed by atoms with Crippen LogP contribution in [0.2, 0.25) is 0 Å². The molecule has 0 aliphatic carbocycles. The quantitative estimate of drug-likeness (QED) is 0.0726. The lowest BCUT2D eigenvalue weighted by atomic mass is 9.84. The first-order valence-electron chi connectivity index (χ1n) is 15.5. The van der Waals surface area contributed by atoms with Gasteiger partial charge in [-0.05, 0) is 54.2 Å². The van der Waals surface area contributed by atoms with E-state index in [1.165, 1.54) is 35.7 Å². The highest BCUT2D eigenvalue weighted by molar-refractivity contribution is 7.89. The van der Waals surface area contributed by atoms with Crippen molar-refractivity contribution in [1.82, 2.24) is 14.9 Å². The summed E-state index contributed by atoms with van der Waals surface area (Å²) < 4.78 is 49.9. The Hall–Kier alpha value is -3.78. The molecule has 0 fully saturated rings. The first-order valence-corrected chi connectivity index (χ1v) is 18.5. The number of hydrogen-bond donors (Lipinski definition) is 5. The number of phosphoric acid groups is 1. The molecule has 0 unspecified atom stereocenters. The summed E-state index contributed by atoms with van der Waals surface area (Å²) >= 11 is 0. The van der Waals surface area contributed by atoms with Gasteiger partial charge in [0.15, 0.2) is 0 Å². The number of benzene rings is 3. The SMILES string of the molecule is COC(=O)N[C@@H](C(=O)NCCCC[C@@H](COP(=O)(O)O)N(CC(C)C)S(=O)(=O)c1ccc(N)cc1)C(c1ccccc1)c1ccccc1. The standard InChI is InChI=1S/C33H45N4O9PS/c1-24(2)22-37(48(43,44)29-19-17-27(34)18-20-29)28(23-46-47(40,41)42)16-10-11-21-35-32(38)31(36-33(39)45-3)30(25-12-6-4-7-13-25)26-14-8-5-9-15-26/h4-9,12-15,17-20,24,28,30-31H,10-11,16,21-23,34H2,1-3H3,(H,35,38)(H,36,39)(H2,40,41,42)/t28-,31+/m0/s1. The summed E-state index contributed by atoms with van der Waals surface area (Å²) in [6, 6.07) is 22.3. The summed E-state index contributed by atoms with van der Waals surface area (Å²) in [5, 5.41) is 5.55. The molecule has 2 atom stereocenters. The van der Waals surface area contributed by atoms with Gasteiger partial charge in [-0.2, -0.15) is 4.31 Å². The van der Waals surface area contributed by atoms with Crippen LogP contribution in [0.4, 0.5) is 10.5 Å². The summed E-state index contributed by atoms with van der Waals surface area (Å²) in [5.74, 6) is -1.11. The lowest BCUT2D eigenvalue weighted by Crippen LogP contribution is -2.50. The third kappa shape index (κ3) is 11.7. The van der Waals surface area contributed by atoms with Gasteiger partial charge >= 0.3 is 13.9 Å². The van der Waals surface area contributed by atoms with E-state index in [9.17, 15) is 32.4 Å². The van der Waals surface area contributed by atoms with Gasteiger partial charge in [-0.1, -0.05) is 80.9 Å². The Labute approximate surface area is 282 Å². The number of phosphoric ester groups is 1. The molecule has 0 aromatic heterocycles. The summed E-state index contributed by atoms with van der Waals surface area (Å²) in [6.07, 6.45) is 0.170. The van der Waals surface area contributed by atoms with Crippen molar-refractivity contribution in [2.24, 2.45) is 5.92 Å². The zero-order valence-electron chi connectivity index (χ0n) is 27.3. The van der Waals surface area contributed by atoms with Crippen LogP contribution in [0.5, 0.6) is 0 Å². The van der Waals surface area contributed by atoms with Gasteiger partial charge in [0.05, 0.1) is 18.6 Å². The monoisotopic (exact) mass is 704 g/mol. The number of unbranched alkanes of at least 4 members (excludes halogenated alkanes) is 1. The number of hydrogen-bond acceptors (Lipinski definition) is 8. The van der Waals surface area contributed by atoms with E-state index < -0.39 is 54.5 Å². The minimum atomic E-state index is -4.91. The Morgan fingerprint density at radius 3 is 1.98 bits per heavy atom. The molecule has 0 bridgehead atoms. The van der Waals surface area contributed by atoms with E-state index in [0.717, 1.165) is 11.1 Å². The number of alkyl carbamates (subject to hydrolysis) is 1. The smallest absolute Gasteiger partial charge is 0.453 e. The van der Waals surface area contributed by atoms with Crippen LogP contribution in [0, 0.1) is 5.92 Å². The molecule has 48 heavy (non-hydrogen) atoms. The van der Waals surface area contributed by atoms with Gasteiger partial charge in [-0.25, -0.2) is 17.8 Å². The molecule has 0 saturated heterocycles. The molecule has 3 aromatic rings. The summed E-state index contributed by atoms with van der Waals surface area (Å²) in [6.45, 7) is 3.37. The van der Waals surface area contributed by atoms with Crippen molar-refractivity contribution in [1.29, 1.82) is 0 Å². The minimum Gasteiger partial charge on any atom is -0.453 e. The fourth-order valence-corrected chi connectivity index (χ4v) is 7.45. The Morgan fingerprint density at radius 1 is 0.917 bits per heavy atom. The number of anilines is 1. The molecule has 0 saturated carbocycles. The molecule has 0 aliphatic rings. The Kier molecular flexibility index (Phi) is 14.6. The molecule has 2 amide bonds. The first-order chi connectivity index (χ1) is 22.7. The molecule has 262 valence electrons. The summed E-state index contributed by atoms with van der Waals surface area (Å²) in [7, 11) is -7.79. The van der Waals surface area contributed by atoms with Crippen molar-refractivity contribution >= 4 is 35.5 Å². The molecule has 6 N–H and O–H groups in total. The van der Waals surface area contributed by atoms with E-state index in [1.54, 1.807) is 0 Å². The normalized spacial score (nSPS) is 13.3. The van der Waals surface area contributed by atoms with Crippen molar-refractivity contribution in [3.8, 4) is 0 Å². The maximum Gasteiger partial charge on any atom is 0.469 e. The number of nitrogens with zero attached hydrogens (tertiary/aromatic N) is 1. The fraction of sp³-hybridized carbons (Fsp3) is 0.394. The first kappa shape index (κ1) is 38.7. The molecule has 3 aromatic carbocycles. The van der Waals surface area contributed by atoms with Crippen molar-refractivity contribution in [2.75, 3.05) is 32.5 Å².